The summed E-state index contributed by atoms with van der Waals surface area (Å²) in [7, 11) is 0. The number of carbonyl (C=O) groups is 1. The van der Waals surface area contributed by atoms with E-state index in [1.54, 1.807) is 6.21 Å². The second-order valence-electron chi connectivity index (χ2n) is 2.62. The van der Waals surface area contributed by atoms with E-state index in [-0.39, 0.29) is 17.9 Å². The number of carbonyl (C=O) groups excluding carboxylic acids is 1. The average molecular weight is 136 g/mol. The molecule has 2 aliphatic rings. The van der Waals surface area contributed by atoms with Crippen molar-refractivity contribution in [2.75, 3.05) is 0 Å². The van der Waals surface area contributed by atoms with E-state index in [9.17, 15) is 4.79 Å². The Hall–Kier alpha value is -0.990. The predicted octanol–water partition coefficient (Wildman–Crippen LogP) is 0.447. The van der Waals surface area contributed by atoms with Gasteiger partial charge in [-0.1, -0.05) is 0 Å². The fourth-order valence-corrected chi connectivity index (χ4v) is 1.38. The molecule has 10 heavy (non-hydrogen) atoms. The van der Waals surface area contributed by atoms with E-state index in [1.807, 2.05) is 6.21 Å². The molecule has 0 saturated carbocycles. The van der Waals surface area contributed by atoms with Gasteiger partial charge in [-0.15, -0.1) is 0 Å². The van der Waals surface area contributed by atoms with Crippen LogP contribution in [0.2, 0.25) is 0 Å². The minimum Gasteiger partial charge on any atom is -0.288 e. The van der Waals surface area contributed by atoms with Gasteiger partial charge >= 0.3 is 0 Å². The highest BCUT2D eigenvalue weighted by molar-refractivity contribution is 5.98. The molecular formula is C7H8N2O. The molecule has 2 atom stereocenters. The normalized spacial score (nSPS) is 36.6. The van der Waals surface area contributed by atoms with Crippen molar-refractivity contribution in [2.24, 2.45) is 15.9 Å². The van der Waals surface area contributed by atoms with Crippen LogP contribution in [-0.2, 0) is 4.79 Å². The summed E-state index contributed by atoms with van der Waals surface area (Å²) >= 11 is 0. The molecule has 0 aromatic carbocycles. The molecule has 0 radical (unpaired) electrons. The second kappa shape index (κ2) is 2.01. The molecule has 0 N–H and O–H groups in total. The van der Waals surface area contributed by atoms with Gasteiger partial charge in [0, 0.05) is 6.21 Å². The Bertz CT molecular complexity index is 220. The van der Waals surface area contributed by atoms with Gasteiger partial charge in [0.15, 0.2) is 0 Å². The van der Waals surface area contributed by atoms with Gasteiger partial charge in [-0.3, -0.25) is 9.79 Å². The van der Waals surface area contributed by atoms with Gasteiger partial charge in [-0.25, -0.2) is 4.99 Å². The first kappa shape index (κ1) is 5.77. The molecule has 0 bridgehead atoms. The lowest BCUT2D eigenvalue weighted by molar-refractivity contribution is -0.120. The lowest BCUT2D eigenvalue weighted by atomic mass is 9.95. The van der Waals surface area contributed by atoms with Crippen LogP contribution in [0.25, 0.3) is 0 Å². The highest BCUT2D eigenvalue weighted by Crippen LogP contribution is 2.22. The van der Waals surface area contributed by atoms with E-state index in [1.165, 1.54) is 0 Å². The number of aliphatic imine (C=N–C) groups is 2. The maximum absolute atomic E-state index is 10.9. The SMILES string of the molecule is O=C1N=CC2N=CCCC12. The van der Waals surface area contributed by atoms with E-state index in [2.05, 4.69) is 9.98 Å². The first-order valence-corrected chi connectivity index (χ1v) is 3.47. The van der Waals surface area contributed by atoms with Crippen molar-refractivity contribution >= 4 is 18.3 Å². The van der Waals surface area contributed by atoms with Crippen molar-refractivity contribution < 1.29 is 4.79 Å². The Kier molecular flexibility index (Phi) is 1.16. The molecule has 2 rings (SSSR count). The zero-order valence-corrected chi connectivity index (χ0v) is 5.53. The van der Waals surface area contributed by atoms with Crippen LogP contribution in [0.3, 0.4) is 0 Å². The van der Waals surface area contributed by atoms with Crippen LogP contribution in [-0.4, -0.2) is 24.4 Å². The Morgan fingerprint density at radius 1 is 1.60 bits per heavy atom. The van der Waals surface area contributed by atoms with Gasteiger partial charge in [-0.05, 0) is 19.1 Å². The number of hydrogen-bond acceptors (Lipinski definition) is 2. The zero-order chi connectivity index (χ0) is 6.97. The maximum Gasteiger partial charge on any atom is 0.251 e. The van der Waals surface area contributed by atoms with Crippen LogP contribution in [0.4, 0.5) is 0 Å². The first-order chi connectivity index (χ1) is 4.88. The number of rotatable bonds is 0. The van der Waals surface area contributed by atoms with Crippen molar-refractivity contribution in [2.45, 2.75) is 18.9 Å². The van der Waals surface area contributed by atoms with Crippen LogP contribution < -0.4 is 0 Å². The van der Waals surface area contributed by atoms with Crippen LogP contribution in [0.1, 0.15) is 12.8 Å². The van der Waals surface area contributed by atoms with E-state index in [4.69, 9.17) is 0 Å². The monoisotopic (exact) mass is 136 g/mol. The fourth-order valence-electron chi connectivity index (χ4n) is 1.38. The molecule has 2 unspecified atom stereocenters. The van der Waals surface area contributed by atoms with Crippen molar-refractivity contribution in [3.05, 3.63) is 0 Å². The quantitative estimate of drug-likeness (QED) is 0.476. The maximum atomic E-state index is 10.9. The third-order valence-corrected chi connectivity index (χ3v) is 1.97. The van der Waals surface area contributed by atoms with Gasteiger partial charge < -0.3 is 0 Å². The predicted molar refractivity (Wildman–Crippen MR) is 38.5 cm³/mol. The van der Waals surface area contributed by atoms with Crippen LogP contribution in [0.5, 0.6) is 0 Å². The van der Waals surface area contributed by atoms with Crippen LogP contribution >= 0.6 is 0 Å². The Morgan fingerprint density at radius 3 is 3.30 bits per heavy atom. The standard InChI is InChI=1S/C7H8N2O/c10-7-5-2-1-3-8-6(5)4-9-7/h3-6H,1-2H2. The van der Waals surface area contributed by atoms with Crippen LogP contribution in [0.15, 0.2) is 9.98 Å². The van der Waals surface area contributed by atoms with Crippen molar-refractivity contribution in [1.29, 1.82) is 0 Å². The number of hydrogen-bond donors (Lipinski definition) is 0. The van der Waals surface area contributed by atoms with Gasteiger partial charge in [0.05, 0.1) is 12.0 Å². The summed E-state index contributed by atoms with van der Waals surface area (Å²) in [6.07, 6.45) is 5.39. The molecule has 0 fully saturated rings. The molecule has 0 saturated heterocycles. The Labute approximate surface area is 58.9 Å². The average Bonchev–Trinajstić information content (AvgIpc) is 2.34. The van der Waals surface area contributed by atoms with Crippen molar-refractivity contribution in [3.8, 4) is 0 Å². The summed E-state index contributed by atoms with van der Waals surface area (Å²) in [6, 6.07) is 0.0706. The molecule has 3 heteroatoms. The molecule has 2 aliphatic heterocycles. The summed E-state index contributed by atoms with van der Waals surface area (Å²) in [6.45, 7) is 0. The smallest absolute Gasteiger partial charge is 0.251 e. The van der Waals surface area contributed by atoms with Crippen LogP contribution in [0, 0.1) is 5.92 Å². The molecule has 0 aliphatic carbocycles. The molecule has 0 aromatic rings. The van der Waals surface area contributed by atoms with Gasteiger partial charge in [0.1, 0.15) is 0 Å². The highest BCUT2D eigenvalue weighted by Gasteiger charge is 2.32. The summed E-state index contributed by atoms with van der Waals surface area (Å²) < 4.78 is 0. The Morgan fingerprint density at radius 2 is 2.50 bits per heavy atom. The third-order valence-electron chi connectivity index (χ3n) is 1.97. The number of fused-ring (bicyclic) bond motifs is 1. The Balaban J connectivity index is 2.26. The zero-order valence-electron chi connectivity index (χ0n) is 5.53. The summed E-state index contributed by atoms with van der Waals surface area (Å²) in [4.78, 5) is 18.8. The van der Waals surface area contributed by atoms with E-state index < -0.39 is 0 Å². The van der Waals surface area contributed by atoms with E-state index in [0.29, 0.717) is 0 Å². The molecule has 3 nitrogen and oxygen atoms in total. The molecular weight excluding hydrogens is 128 g/mol. The van der Waals surface area contributed by atoms with Gasteiger partial charge in [-0.2, -0.15) is 0 Å². The highest BCUT2D eigenvalue weighted by atomic mass is 16.1. The summed E-state index contributed by atoms with van der Waals surface area (Å²) in [5.41, 5.74) is 0. The minimum absolute atomic E-state index is 0.0156. The molecule has 1 amide bonds. The second-order valence-corrected chi connectivity index (χ2v) is 2.62. The number of nitrogens with zero attached hydrogens (tertiary/aromatic N) is 2. The fraction of sp³-hybridized carbons (Fsp3) is 0.571. The largest absolute Gasteiger partial charge is 0.288 e. The number of amides is 1. The summed E-state index contributed by atoms with van der Waals surface area (Å²) in [5, 5.41) is 0. The van der Waals surface area contributed by atoms with Gasteiger partial charge in [0.2, 0.25) is 0 Å². The minimum atomic E-state index is 0.0156. The van der Waals surface area contributed by atoms with E-state index >= 15 is 0 Å². The molecule has 0 spiro atoms. The lowest BCUT2D eigenvalue weighted by Crippen LogP contribution is -2.23. The van der Waals surface area contributed by atoms with E-state index in [0.717, 1.165) is 12.8 Å². The molecule has 0 aromatic heterocycles. The topological polar surface area (TPSA) is 41.8 Å². The third kappa shape index (κ3) is 0.701. The summed E-state index contributed by atoms with van der Waals surface area (Å²) in [5.74, 6) is 0.0897. The lowest BCUT2D eigenvalue weighted by Gasteiger charge is -2.14. The van der Waals surface area contributed by atoms with Crippen molar-refractivity contribution in [1.82, 2.24) is 0 Å². The van der Waals surface area contributed by atoms with Gasteiger partial charge in [0.25, 0.3) is 5.91 Å². The molecule has 2 heterocycles. The molecule has 52 valence electrons. The first-order valence-electron chi connectivity index (χ1n) is 3.47. The van der Waals surface area contributed by atoms with Crippen molar-refractivity contribution in [3.63, 3.8) is 0 Å².